The van der Waals surface area contributed by atoms with Gasteiger partial charge in [0.1, 0.15) is 36.3 Å². The number of amides is 8. The predicted molar refractivity (Wildman–Crippen MR) is 190 cm³/mol. The van der Waals surface area contributed by atoms with E-state index in [9.17, 15) is 43.5 Å². The topological polar surface area (TPSA) is 274 Å². The number of primary amides is 1. The molecule has 53 heavy (non-hydrogen) atoms. The summed E-state index contributed by atoms with van der Waals surface area (Å²) in [5, 5.41) is 26.6. The molecule has 2 saturated heterocycles. The number of aliphatic hydroxyl groups excluding tert-OH is 1. The first-order valence-corrected chi connectivity index (χ1v) is 17.7. The highest BCUT2D eigenvalue weighted by atomic mass is 16.3. The molecular weight excluding hydrogens is 690 g/mol. The number of H-pyrrole nitrogens is 1. The van der Waals surface area contributed by atoms with Gasteiger partial charge < -0.3 is 52.6 Å². The van der Waals surface area contributed by atoms with Gasteiger partial charge in [0.15, 0.2) is 0 Å². The van der Waals surface area contributed by atoms with E-state index in [1.807, 2.05) is 18.2 Å². The van der Waals surface area contributed by atoms with Crippen LogP contribution in [0.15, 0.2) is 30.5 Å². The molecule has 0 bridgehead atoms. The second-order valence-corrected chi connectivity index (χ2v) is 13.7. The fourth-order valence-corrected chi connectivity index (χ4v) is 6.41. The number of nitrogens with one attached hydrogen (secondary N) is 7. The van der Waals surface area contributed by atoms with Gasteiger partial charge in [-0.3, -0.25) is 38.4 Å². The molecule has 0 aliphatic carbocycles. The van der Waals surface area contributed by atoms with Crippen LogP contribution in [0.4, 0.5) is 0 Å². The molecule has 8 amide bonds. The number of aromatic nitrogens is 1. The molecule has 0 spiro atoms. The molecule has 3 heterocycles. The third kappa shape index (κ3) is 10.1. The Kier molecular flexibility index (Phi) is 13.5. The minimum absolute atomic E-state index is 0.0733. The summed E-state index contributed by atoms with van der Waals surface area (Å²) in [5.41, 5.74) is 6.79. The molecule has 0 saturated carbocycles. The number of aromatic amines is 1. The smallest absolute Gasteiger partial charge is 0.248 e. The van der Waals surface area contributed by atoms with Crippen molar-refractivity contribution in [2.45, 2.75) is 102 Å². The molecule has 0 radical (unpaired) electrons. The van der Waals surface area contributed by atoms with Crippen molar-refractivity contribution < 1.29 is 43.5 Å². The maximum Gasteiger partial charge on any atom is 0.248 e. The number of fused-ring (bicyclic) bond motifs is 2. The predicted octanol–water partition coefficient (Wildman–Crippen LogP) is -2.42. The van der Waals surface area contributed by atoms with Crippen molar-refractivity contribution in [2.24, 2.45) is 11.7 Å². The Morgan fingerprint density at radius 2 is 1.57 bits per heavy atom. The summed E-state index contributed by atoms with van der Waals surface area (Å²) >= 11 is 0. The Morgan fingerprint density at radius 1 is 0.887 bits per heavy atom. The molecule has 1 aromatic carbocycles. The molecule has 2 aliphatic heterocycles. The van der Waals surface area contributed by atoms with Gasteiger partial charge in [0.2, 0.25) is 47.3 Å². The highest BCUT2D eigenvalue weighted by Gasteiger charge is 2.41. The first kappa shape index (κ1) is 40.3. The van der Waals surface area contributed by atoms with Gasteiger partial charge >= 0.3 is 0 Å². The van der Waals surface area contributed by atoms with Gasteiger partial charge in [-0.2, -0.15) is 0 Å². The average molecular weight is 740 g/mol. The van der Waals surface area contributed by atoms with Crippen LogP contribution in [0, 0.1) is 5.92 Å². The molecule has 10 N–H and O–H groups in total. The van der Waals surface area contributed by atoms with E-state index < -0.39 is 108 Å². The summed E-state index contributed by atoms with van der Waals surface area (Å²) in [4.78, 5) is 111. The van der Waals surface area contributed by atoms with Crippen LogP contribution in [0.25, 0.3) is 10.9 Å². The van der Waals surface area contributed by atoms with Crippen LogP contribution >= 0.6 is 0 Å². The number of hydrogen-bond donors (Lipinski definition) is 9. The van der Waals surface area contributed by atoms with Crippen molar-refractivity contribution >= 4 is 58.2 Å². The number of carbonyl (C=O) groups excluding carboxylic acids is 8. The minimum Gasteiger partial charge on any atom is -0.391 e. The summed E-state index contributed by atoms with van der Waals surface area (Å²) < 4.78 is 0. The van der Waals surface area contributed by atoms with Crippen LogP contribution < -0.4 is 37.6 Å². The highest BCUT2D eigenvalue weighted by Crippen LogP contribution is 2.21. The summed E-state index contributed by atoms with van der Waals surface area (Å²) in [6, 6.07) is -0.656. The van der Waals surface area contributed by atoms with Crippen molar-refractivity contribution in [2.75, 3.05) is 13.1 Å². The fraction of sp³-hybridized carbons (Fsp3) is 0.543. The summed E-state index contributed by atoms with van der Waals surface area (Å²) in [7, 11) is 0. The van der Waals surface area contributed by atoms with Gasteiger partial charge in [0, 0.05) is 30.1 Å². The number of carbonyl (C=O) groups is 8. The number of hydrogen-bond acceptors (Lipinski definition) is 9. The van der Waals surface area contributed by atoms with Crippen LogP contribution in [0.1, 0.15) is 58.9 Å². The number of aliphatic hydroxyl groups is 1. The first-order valence-electron chi connectivity index (χ1n) is 17.7. The highest BCUT2D eigenvalue weighted by molar-refractivity contribution is 5.99. The normalized spacial score (nSPS) is 26.9. The molecule has 8 atom stereocenters. The number of nitrogens with zero attached hydrogens (tertiary/aromatic N) is 1. The second-order valence-electron chi connectivity index (χ2n) is 13.7. The molecule has 0 unspecified atom stereocenters. The lowest BCUT2D eigenvalue weighted by molar-refractivity contribution is -0.144. The minimum atomic E-state index is -1.54. The standard InChI is InChI=1S/C35H49N9O9/c1-5-17(2)28-34(52)41-24(14-26(36)46)31(49)39-18(3)30(48)40-23(13-20-15-37-22-10-7-6-9-21(20)22)32(50)43-29(19(4)45)35(53)44-12-8-11-25(44)33(51)38-16-27(47)42-28/h6-7,9-10,15,17-19,23-25,28-29,37,45H,5,8,11-14,16H2,1-4H3,(H2,36,46)(H,38,51)(H,39,49)(H,40,48)(H,41,52)(H,42,47)(H,43,50)/t17-,18-,19+,23-,24-,25-,28-,29+/m0/s1. The van der Waals surface area contributed by atoms with Crippen molar-refractivity contribution in [3.63, 3.8) is 0 Å². The third-order valence-electron chi connectivity index (χ3n) is 9.64. The third-order valence-corrected chi connectivity index (χ3v) is 9.64. The van der Waals surface area contributed by atoms with Crippen LogP contribution in [0.5, 0.6) is 0 Å². The lowest BCUT2D eigenvalue weighted by Crippen LogP contribution is -2.61. The van der Waals surface area contributed by atoms with Crippen molar-refractivity contribution in [1.29, 1.82) is 0 Å². The second kappa shape index (κ2) is 17.8. The molecule has 2 aliphatic rings. The molecule has 4 rings (SSSR count). The van der Waals surface area contributed by atoms with Gasteiger partial charge in [-0.25, -0.2) is 0 Å². The zero-order valence-corrected chi connectivity index (χ0v) is 30.2. The molecule has 288 valence electrons. The SMILES string of the molecule is CC[C@H](C)[C@@H]1NC(=O)CNC(=O)[C@@H]2CCCN2C(=O)[C@@H]([C@@H](C)O)NC(=O)[C@H](Cc2c[nH]c3ccccc23)NC(=O)[C@H](C)NC(=O)[C@H](CC(N)=O)NC1=O. The molecule has 18 heteroatoms. The van der Waals surface area contributed by atoms with Gasteiger partial charge in [-0.1, -0.05) is 38.5 Å². The molecule has 18 nitrogen and oxygen atoms in total. The van der Waals surface area contributed by atoms with Gasteiger partial charge in [0.25, 0.3) is 0 Å². The van der Waals surface area contributed by atoms with Crippen LogP contribution in [0.3, 0.4) is 0 Å². The molecular formula is C35H49N9O9. The Hall–Kier alpha value is -5.52. The quantitative estimate of drug-likeness (QED) is 0.146. The monoisotopic (exact) mass is 739 g/mol. The van der Waals surface area contributed by atoms with Crippen LogP contribution in [-0.2, 0) is 44.8 Å². The first-order chi connectivity index (χ1) is 25.1. The molecule has 1 aromatic heterocycles. The number of para-hydroxylation sites is 1. The van der Waals surface area contributed by atoms with Gasteiger partial charge in [-0.05, 0) is 44.2 Å². The van der Waals surface area contributed by atoms with E-state index in [-0.39, 0.29) is 19.4 Å². The maximum atomic E-state index is 14.0. The van der Waals surface area contributed by atoms with Gasteiger partial charge in [-0.15, -0.1) is 0 Å². The largest absolute Gasteiger partial charge is 0.391 e. The lowest BCUT2D eigenvalue weighted by atomic mass is 9.97. The van der Waals surface area contributed by atoms with E-state index in [4.69, 9.17) is 5.73 Å². The van der Waals surface area contributed by atoms with E-state index in [0.717, 1.165) is 10.9 Å². The van der Waals surface area contributed by atoms with Crippen LogP contribution in [0.2, 0.25) is 0 Å². The van der Waals surface area contributed by atoms with Gasteiger partial charge in [0.05, 0.1) is 19.1 Å². The molecule has 2 fully saturated rings. The number of benzene rings is 1. The maximum absolute atomic E-state index is 14.0. The zero-order valence-electron chi connectivity index (χ0n) is 30.2. The van der Waals surface area contributed by atoms with E-state index in [1.54, 1.807) is 26.1 Å². The number of nitrogens with two attached hydrogens (primary N) is 1. The average Bonchev–Trinajstić information content (AvgIpc) is 3.77. The Bertz CT molecular complexity index is 1730. The lowest BCUT2D eigenvalue weighted by Gasteiger charge is -2.31. The van der Waals surface area contributed by atoms with Crippen molar-refractivity contribution in [3.05, 3.63) is 36.0 Å². The fourth-order valence-electron chi connectivity index (χ4n) is 6.41. The van der Waals surface area contributed by atoms with E-state index in [1.165, 1.54) is 18.7 Å². The molecule has 2 aromatic rings. The summed E-state index contributed by atoms with van der Waals surface area (Å²) in [6.07, 6.45) is 0.639. The number of rotatable bonds is 7. The van der Waals surface area contributed by atoms with E-state index in [2.05, 4.69) is 36.9 Å². The summed E-state index contributed by atoms with van der Waals surface area (Å²) in [5.74, 6) is -6.94. The zero-order chi connectivity index (χ0) is 39.0. The van der Waals surface area contributed by atoms with Crippen molar-refractivity contribution in [1.82, 2.24) is 41.8 Å². The van der Waals surface area contributed by atoms with E-state index >= 15 is 0 Å². The Balaban J connectivity index is 1.71. The van der Waals surface area contributed by atoms with Crippen LogP contribution in [-0.4, -0.2) is 118 Å². The Labute approximate surface area is 306 Å². The Morgan fingerprint density at radius 3 is 2.25 bits per heavy atom. The summed E-state index contributed by atoms with van der Waals surface area (Å²) in [6.45, 7) is 5.67. The van der Waals surface area contributed by atoms with Crippen molar-refractivity contribution in [3.8, 4) is 0 Å². The van der Waals surface area contributed by atoms with E-state index in [0.29, 0.717) is 18.4 Å².